The van der Waals surface area contributed by atoms with E-state index in [0.29, 0.717) is 6.61 Å². The number of aryl methyl sites for hydroxylation is 2. The molecule has 0 bridgehead atoms. The highest BCUT2D eigenvalue weighted by molar-refractivity contribution is 5.38. The fourth-order valence-electron chi connectivity index (χ4n) is 2.96. The Balaban J connectivity index is 1.98. The number of ether oxygens (including phenoxy) is 1. The van der Waals surface area contributed by atoms with E-state index in [0.717, 1.165) is 30.4 Å². The maximum atomic E-state index is 5.94. The average Bonchev–Trinajstić information content (AvgIpc) is 2.83. The Kier molecular flexibility index (Phi) is 3.92. The molecule has 0 saturated heterocycles. The van der Waals surface area contributed by atoms with Gasteiger partial charge in [0, 0.05) is 5.56 Å². The Hall–Kier alpha value is -1.88. The molecule has 1 aliphatic heterocycles. The molecule has 1 aromatic heterocycles. The molecule has 1 aliphatic rings. The third kappa shape index (κ3) is 2.65. The largest absolute Gasteiger partial charge is 0.491 e. The van der Waals surface area contributed by atoms with Crippen molar-refractivity contribution >= 4 is 0 Å². The van der Waals surface area contributed by atoms with E-state index >= 15 is 0 Å². The van der Waals surface area contributed by atoms with Crippen LogP contribution in [0.25, 0.3) is 0 Å². The maximum absolute atomic E-state index is 5.94. The molecule has 0 aliphatic carbocycles. The van der Waals surface area contributed by atoms with Crippen molar-refractivity contribution in [2.75, 3.05) is 13.2 Å². The monoisotopic (exact) mass is 286 g/mol. The topological polar surface area (TPSA) is 52.0 Å². The summed E-state index contributed by atoms with van der Waals surface area (Å²) in [6.45, 7) is 7.69. The second-order valence-electron chi connectivity index (χ2n) is 5.50. The summed E-state index contributed by atoms with van der Waals surface area (Å²) in [6.07, 6.45) is 1.10. The lowest BCUT2D eigenvalue weighted by molar-refractivity contribution is 0.167. The number of nitrogens with one attached hydrogen (secondary N) is 1. The number of hydrogen-bond donors (Lipinski definition) is 1. The molecule has 112 valence electrons. The lowest BCUT2D eigenvalue weighted by atomic mass is 9.96. The Morgan fingerprint density at radius 2 is 2.14 bits per heavy atom. The van der Waals surface area contributed by atoms with E-state index in [1.807, 2.05) is 30.7 Å². The lowest BCUT2D eigenvalue weighted by Crippen LogP contribution is -2.38. The molecule has 2 aromatic rings. The van der Waals surface area contributed by atoms with Gasteiger partial charge in [0.25, 0.3) is 0 Å². The highest BCUT2D eigenvalue weighted by Crippen LogP contribution is 2.37. The summed E-state index contributed by atoms with van der Waals surface area (Å²) in [6, 6.07) is 8.58. The summed E-state index contributed by atoms with van der Waals surface area (Å²) >= 11 is 0. The van der Waals surface area contributed by atoms with Crippen LogP contribution < -0.4 is 10.1 Å². The maximum Gasteiger partial charge on any atom is 0.147 e. The first kappa shape index (κ1) is 14.1. The molecular weight excluding hydrogens is 264 g/mol. The van der Waals surface area contributed by atoms with Crippen LogP contribution in [0.15, 0.2) is 24.3 Å². The van der Waals surface area contributed by atoms with E-state index in [1.165, 1.54) is 5.56 Å². The van der Waals surface area contributed by atoms with Crippen LogP contribution in [0, 0.1) is 13.8 Å². The molecule has 5 nitrogen and oxygen atoms in total. The van der Waals surface area contributed by atoms with E-state index in [-0.39, 0.29) is 12.1 Å². The van der Waals surface area contributed by atoms with E-state index < -0.39 is 0 Å². The number of fused-ring (bicyclic) bond motifs is 1. The Morgan fingerprint density at radius 3 is 2.86 bits per heavy atom. The fraction of sp³-hybridized carbons (Fsp3) is 0.500. The molecule has 1 N–H and O–H groups in total. The molecule has 2 atom stereocenters. The quantitative estimate of drug-likeness (QED) is 0.938. The van der Waals surface area contributed by atoms with Crippen LogP contribution in [0.2, 0.25) is 0 Å². The molecule has 21 heavy (non-hydrogen) atoms. The lowest BCUT2D eigenvalue weighted by Gasteiger charge is -2.34. The molecule has 0 spiro atoms. The Labute approximate surface area is 125 Å². The summed E-state index contributed by atoms with van der Waals surface area (Å²) in [5, 5.41) is 8.19. The van der Waals surface area contributed by atoms with E-state index in [1.54, 1.807) is 0 Å². The van der Waals surface area contributed by atoms with Gasteiger partial charge in [-0.1, -0.05) is 25.1 Å². The van der Waals surface area contributed by atoms with Gasteiger partial charge in [-0.05, 0) is 32.9 Å². The molecule has 2 heterocycles. The predicted molar refractivity (Wildman–Crippen MR) is 81.5 cm³/mol. The predicted octanol–water partition coefficient (Wildman–Crippen LogP) is 2.57. The van der Waals surface area contributed by atoms with E-state index in [4.69, 9.17) is 4.74 Å². The zero-order chi connectivity index (χ0) is 14.8. The first-order valence-electron chi connectivity index (χ1n) is 7.55. The summed E-state index contributed by atoms with van der Waals surface area (Å²) in [7, 11) is 0. The van der Waals surface area contributed by atoms with Crippen LogP contribution in [0.1, 0.15) is 42.6 Å². The number of rotatable bonds is 4. The molecule has 3 rings (SSSR count). The summed E-state index contributed by atoms with van der Waals surface area (Å²) in [5.41, 5.74) is 1.20. The number of benzene rings is 1. The second kappa shape index (κ2) is 5.85. The smallest absolute Gasteiger partial charge is 0.147 e. The summed E-state index contributed by atoms with van der Waals surface area (Å²) in [4.78, 5) is 4.43. The van der Waals surface area contributed by atoms with Gasteiger partial charge in [-0.2, -0.15) is 5.10 Å². The van der Waals surface area contributed by atoms with Crippen LogP contribution in [0.4, 0.5) is 0 Å². The van der Waals surface area contributed by atoms with Gasteiger partial charge < -0.3 is 10.1 Å². The number of hydrogen-bond acceptors (Lipinski definition) is 4. The van der Waals surface area contributed by atoms with Gasteiger partial charge in [-0.25, -0.2) is 9.67 Å². The van der Waals surface area contributed by atoms with Crippen molar-refractivity contribution in [3.05, 3.63) is 41.5 Å². The number of nitrogens with zero attached hydrogens (tertiary/aromatic N) is 3. The van der Waals surface area contributed by atoms with Crippen molar-refractivity contribution in [3.8, 4) is 5.75 Å². The number of para-hydroxylation sites is 1. The molecule has 5 heteroatoms. The van der Waals surface area contributed by atoms with Crippen molar-refractivity contribution in [2.24, 2.45) is 0 Å². The minimum atomic E-state index is 0.132. The van der Waals surface area contributed by atoms with Gasteiger partial charge in [-0.3, -0.25) is 0 Å². The van der Waals surface area contributed by atoms with Crippen LogP contribution in [-0.4, -0.2) is 27.9 Å². The summed E-state index contributed by atoms with van der Waals surface area (Å²) < 4.78 is 7.93. The third-order valence-corrected chi connectivity index (χ3v) is 3.88. The molecule has 2 unspecified atom stereocenters. The SMILES string of the molecule is CCCNC1c2ccccc2OCC1n1nc(C)nc1C. The molecule has 0 fully saturated rings. The third-order valence-electron chi connectivity index (χ3n) is 3.88. The minimum Gasteiger partial charge on any atom is -0.491 e. The van der Waals surface area contributed by atoms with Gasteiger partial charge in [0.15, 0.2) is 0 Å². The average molecular weight is 286 g/mol. The first-order chi connectivity index (χ1) is 10.2. The van der Waals surface area contributed by atoms with Crippen molar-refractivity contribution in [1.29, 1.82) is 0 Å². The highest BCUT2D eigenvalue weighted by atomic mass is 16.5. The van der Waals surface area contributed by atoms with Gasteiger partial charge in [0.05, 0.1) is 6.04 Å². The number of aromatic nitrogens is 3. The normalized spacial score (nSPS) is 20.9. The van der Waals surface area contributed by atoms with Gasteiger partial charge in [0.1, 0.15) is 30.0 Å². The zero-order valence-corrected chi connectivity index (χ0v) is 12.8. The van der Waals surface area contributed by atoms with Crippen molar-refractivity contribution in [2.45, 2.75) is 39.3 Å². The van der Waals surface area contributed by atoms with Crippen molar-refractivity contribution in [1.82, 2.24) is 20.1 Å². The highest BCUT2D eigenvalue weighted by Gasteiger charge is 2.33. The second-order valence-corrected chi connectivity index (χ2v) is 5.50. The molecule has 1 aromatic carbocycles. The summed E-state index contributed by atoms with van der Waals surface area (Å²) in [5.74, 6) is 2.71. The van der Waals surface area contributed by atoms with Crippen LogP contribution >= 0.6 is 0 Å². The van der Waals surface area contributed by atoms with Crippen LogP contribution in [-0.2, 0) is 0 Å². The standard InChI is InChI=1S/C16H22N4O/c1-4-9-17-16-13-7-5-6-8-15(13)21-10-14(16)20-12(3)18-11(2)19-20/h5-8,14,16-17H,4,9-10H2,1-3H3. The molecule has 0 amide bonds. The van der Waals surface area contributed by atoms with Crippen LogP contribution in [0.3, 0.4) is 0 Å². The molecule has 0 saturated carbocycles. The molecular formula is C16H22N4O. The fourth-order valence-corrected chi connectivity index (χ4v) is 2.96. The molecule has 0 radical (unpaired) electrons. The van der Waals surface area contributed by atoms with Gasteiger partial charge in [0.2, 0.25) is 0 Å². The van der Waals surface area contributed by atoms with Gasteiger partial charge >= 0.3 is 0 Å². The minimum absolute atomic E-state index is 0.132. The first-order valence-corrected chi connectivity index (χ1v) is 7.55. The van der Waals surface area contributed by atoms with Gasteiger partial charge in [-0.15, -0.1) is 0 Å². The Bertz CT molecular complexity index is 622. The zero-order valence-electron chi connectivity index (χ0n) is 12.8. The van der Waals surface area contributed by atoms with Crippen molar-refractivity contribution in [3.63, 3.8) is 0 Å². The Morgan fingerprint density at radius 1 is 1.33 bits per heavy atom. The van der Waals surface area contributed by atoms with E-state index in [9.17, 15) is 0 Å². The van der Waals surface area contributed by atoms with Crippen LogP contribution in [0.5, 0.6) is 5.75 Å². The van der Waals surface area contributed by atoms with Crippen molar-refractivity contribution < 1.29 is 4.74 Å². The van der Waals surface area contributed by atoms with E-state index in [2.05, 4.69) is 34.5 Å².